The second-order valence-corrected chi connectivity index (χ2v) is 6.05. The van der Waals surface area contributed by atoms with E-state index >= 15 is 0 Å². The molecule has 124 valence electrons. The van der Waals surface area contributed by atoms with Crippen LogP contribution in [0.1, 0.15) is 41.0 Å². The van der Waals surface area contributed by atoms with Crippen LogP contribution >= 0.6 is 0 Å². The summed E-state index contributed by atoms with van der Waals surface area (Å²) in [7, 11) is 0. The second-order valence-electron chi connectivity index (χ2n) is 6.05. The molecule has 0 saturated heterocycles. The summed E-state index contributed by atoms with van der Waals surface area (Å²) in [5.41, 5.74) is 1.81. The number of carbonyl (C=O) groups excluding carboxylic acids is 1. The van der Waals surface area contributed by atoms with Gasteiger partial charge in [0, 0.05) is 37.8 Å². The number of fused-ring (bicyclic) bond motifs is 2. The van der Waals surface area contributed by atoms with Crippen molar-refractivity contribution in [2.24, 2.45) is 0 Å². The molecule has 0 spiro atoms. The molecule has 0 radical (unpaired) electrons. The Kier molecular flexibility index (Phi) is 3.51. The van der Waals surface area contributed by atoms with E-state index in [0.717, 1.165) is 30.9 Å². The molecule has 8 heteroatoms. The van der Waals surface area contributed by atoms with Crippen LogP contribution in [0.4, 0.5) is 0 Å². The quantitative estimate of drug-likeness (QED) is 0.774. The van der Waals surface area contributed by atoms with E-state index in [1.165, 1.54) is 0 Å². The van der Waals surface area contributed by atoms with E-state index in [0.29, 0.717) is 23.4 Å². The molecule has 4 rings (SSSR count). The molecule has 1 amide bonds. The minimum atomic E-state index is -0.124. The normalized spacial score (nSPS) is 17.0. The van der Waals surface area contributed by atoms with Gasteiger partial charge in [0.25, 0.3) is 5.91 Å². The van der Waals surface area contributed by atoms with Crippen molar-refractivity contribution in [3.05, 3.63) is 41.4 Å². The first-order valence-electron chi connectivity index (χ1n) is 8.19. The highest BCUT2D eigenvalue weighted by atomic mass is 16.1. The van der Waals surface area contributed by atoms with Crippen molar-refractivity contribution in [2.75, 3.05) is 0 Å². The molecule has 24 heavy (non-hydrogen) atoms. The van der Waals surface area contributed by atoms with E-state index in [1.807, 2.05) is 6.92 Å². The maximum atomic E-state index is 12.8. The van der Waals surface area contributed by atoms with Crippen LogP contribution in [0.5, 0.6) is 0 Å². The molecule has 0 aliphatic carbocycles. The van der Waals surface area contributed by atoms with E-state index in [2.05, 4.69) is 37.1 Å². The average molecular weight is 325 g/mol. The molecule has 0 aromatic carbocycles. The molecule has 0 bridgehead atoms. The van der Waals surface area contributed by atoms with E-state index in [4.69, 9.17) is 0 Å². The van der Waals surface area contributed by atoms with Gasteiger partial charge in [-0.3, -0.25) is 4.79 Å². The van der Waals surface area contributed by atoms with Crippen LogP contribution in [0.25, 0.3) is 5.65 Å². The number of carbonyl (C=O) groups is 1. The summed E-state index contributed by atoms with van der Waals surface area (Å²) in [6.45, 7) is 4.61. The Morgan fingerprint density at radius 3 is 3.12 bits per heavy atom. The van der Waals surface area contributed by atoms with Crippen molar-refractivity contribution in [2.45, 2.75) is 45.7 Å². The van der Waals surface area contributed by atoms with Gasteiger partial charge in [0.15, 0.2) is 5.65 Å². The van der Waals surface area contributed by atoms with Gasteiger partial charge in [-0.05, 0) is 19.4 Å². The zero-order valence-electron chi connectivity index (χ0n) is 13.7. The fourth-order valence-electron chi connectivity index (χ4n) is 3.28. The lowest BCUT2D eigenvalue weighted by Gasteiger charge is -2.25. The lowest BCUT2D eigenvalue weighted by atomic mass is 10.1. The minimum Gasteiger partial charge on any atom is -0.347 e. The van der Waals surface area contributed by atoms with Gasteiger partial charge in [0.05, 0.1) is 5.69 Å². The predicted molar refractivity (Wildman–Crippen MR) is 86.7 cm³/mol. The summed E-state index contributed by atoms with van der Waals surface area (Å²) in [5.74, 6) is 1.85. The molecule has 1 unspecified atom stereocenters. The lowest BCUT2D eigenvalue weighted by Crippen LogP contribution is -2.41. The number of amides is 1. The SMILES string of the molecule is CCc1nnc2n1CC(NC(=O)c1c(C)nn3cccnc13)CC2. The van der Waals surface area contributed by atoms with Crippen molar-refractivity contribution in [3.63, 3.8) is 0 Å². The minimum absolute atomic E-state index is 0.0596. The Labute approximate surface area is 138 Å². The van der Waals surface area contributed by atoms with E-state index in [1.54, 1.807) is 23.0 Å². The Balaban J connectivity index is 1.57. The number of aryl methyl sites for hydroxylation is 3. The van der Waals surface area contributed by atoms with Crippen molar-refractivity contribution < 1.29 is 4.79 Å². The Bertz CT molecular complexity index is 897. The zero-order valence-corrected chi connectivity index (χ0v) is 13.7. The maximum Gasteiger partial charge on any atom is 0.257 e. The number of rotatable bonds is 3. The smallest absolute Gasteiger partial charge is 0.257 e. The van der Waals surface area contributed by atoms with Gasteiger partial charge in [-0.2, -0.15) is 5.10 Å². The molecule has 1 aliphatic rings. The van der Waals surface area contributed by atoms with Crippen LogP contribution in [-0.4, -0.2) is 41.3 Å². The van der Waals surface area contributed by atoms with Crippen LogP contribution in [0.3, 0.4) is 0 Å². The third kappa shape index (κ3) is 2.34. The van der Waals surface area contributed by atoms with E-state index < -0.39 is 0 Å². The Morgan fingerprint density at radius 2 is 2.29 bits per heavy atom. The van der Waals surface area contributed by atoms with Gasteiger partial charge in [-0.15, -0.1) is 10.2 Å². The third-order valence-corrected chi connectivity index (χ3v) is 4.47. The highest BCUT2D eigenvalue weighted by molar-refractivity contribution is 6.01. The first-order chi connectivity index (χ1) is 11.7. The number of hydrogen-bond donors (Lipinski definition) is 1. The summed E-state index contributed by atoms with van der Waals surface area (Å²) in [5, 5.41) is 15.9. The average Bonchev–Trinajstić information content (AvgIpc) is 3.13. The van der Waals surface area contributed by atoms with Crippen molar-refractivity contribution in [3.8, 4) is 0 Å². The molecule has 0 saturated carbocycles. The molecular formula is C16H19N7O. The fourth-order valence-corrected chi connectivity index (χ4v) is 3.28. The summed E-state index contributed by atoms with van der Waals surface area (Å²) in [6, 6.07) is 1.85. The van der Waals surface area contributed by atoms with Gasteiger partial charge in [0.2, 0.25) is 0 Å². The first-order valence-corrected chi connectivity index (χ1v) is 8.19. The summed E-state index contributed by atoms with van der Waals surface area (Å²) < 4.78 is 3.76. The fraction of sp³-hybridized carbons (Fsp3) is 0.438. The second kappa shape index (κ2) is 5.70. The monoisotopic (exact) mass is 325 g/mol. The highest BCUT2D eigenvalue weighted by Gasteiger charge is 2.26. The standard InChI is InChI=1S/C16H19N7O/c1-3-12-19-20-13-6-5-11(9-22(12)13)18-16(24)14-10(2)21-23-8-4-7-17-15(14)23/h4,7-8,11H,3,5-6,9H2,1-2H3,(H,18,24). The Hall–Kier alpha value is -2.77. The van der Waals surface area contributed by atoms with Gasteiger partial charge >= 0.3 is 0 Å². The molecule has 0 fully saturated rings. The van der Waals surface area contributed by atoms with Gasteiger partial charge in [0.1, 0.15) is 17.2 Å². The van der Waals surface area contributed by atoms with Gasteiger partial charge < -0.3 is 9.88 Å². The van der Waals surface area contributed by atoms with E-state index in [9.17, 15) is 4.79 Å². The van der Waals surface area contributed by atoms with Gasteiger partial charge in [-0.25, -0.2) is 9.50 Å². The summed E-state index contributed by atoms with van der Waals surface area (Å²) in [6.07, 6.45) is 5.99. The molecule has 3 aromatic heterocycles. The first kappa shape index (κ1) is 14.8. The predicted octanol–water partition coefficient (Wildman–Crippen LogP) is 0.936. The highest BCUT2D eigenvalue weighted by Crippen LogP contribution is 2.17. The van der Waals surface area contributed by atoms with Crippen molar-refractivity contribution in [1.82, 2.24) is 34.7 Å². The molecule has 1 aliphatic heterocycles. The van der Waals surface area contributed by atoms with Crippen LogP contribution in [-0.2, 0) is 19.4 Å². The molecule has 4 heterocycles. The van der Waals surface area contributed by atoms with Crippen LogP contribution in [0.2, 0.25) is 0 Å². The molecular weight excluding hydrogens is 306 g/mol. The largest absolute Gasteiger partial charge is 0.347 e. The lowest BCUT2D eigenvalue weighted by molar-refractivity contribution is 0.0928. The van der Waals surface area contributed by atoms with Crippen molar-refractivity contribution in [1.29, 1.82) is 0 Å². The van der Waals surface area contributed by atoms with Crippen LogP contribution < -0.4 is 5.32 Å². The zero-order chi connectivity index (χ0) is 16.7. The number of hydrogen-bond acceptors (Lipinski definition) is 5. The topological polar surface area (TPSA) is 90.0 Å². The van der Waals surface area contributed by atoms with Gasteiger partial charge in [-0.1, -0.05) is 6.92 Å². The third-order valence-electron chi connectivity index (χ3n) is 4.47. The van der Waals surface area contributed by atoms with Crippen molar-refractivity contribution >= 4 is 11.6 Å². The number of aromatic nitrogens is 6. The molecule has 1 N–H and O–H groups in total. The molecule has 8 nitrogen and oxygen atoms in total. The Morgan fingerprint density at radius 1 is 1.42 bits per heavy atom. The van der Waals surface area contributed by atoms with Crippen LogP contribution in [0.15, 0.2) is 18.5 Å². The molecule has 1 atom stereocenters. The maximum absolute atomic E-state index is 12.8. The number of nitrogens with one attached hydrogen (secondary N) is 1. The summed E-state index contributed by atoms with van der Waals surface area (Å²) >= 11 is 0. The van der Waals surface area contributed by atoms with Crippen LogP contribution in [0, 0.1) is 6.92 Å². The van der Waals surface area contributed by atoms with E-state index in [-0.39, 0.29) is 11.9 Å². The number of nitrogens with zero attached hydrogens (tertiary/aromatic N) is 6. The molecule has 3 aromatic rings. The summed E-state index contributed by atoms with van der Waals surface area (Å²) in [4.78, 5) is 17.1.